The van der Waals surface area contributed by atoms with Crippen molar-refractivity contribution in [2.45, 2.75) is 12.5 Å². The Hall–Kier alpha value is -2.07. The molecule has 2 rings (SSSR count). The molecule has 1 unspecified atom stereocenters. The van der Waals surface area contributed by atoms with Gasteiger partial charge in [-0.15, -0.1) is 0 Å². The topological polar surface area (TPSA) is 70.7 Å². The smallest absolute Gasteiger partial charge is 0.339 e. The Morgan fingerprint density at radius 1 is 1.24 bits per heavy atom. The second-order valence-corrected chi connectivity index (χ2v) is 3.69. The second kappa shape index (κ2) is 4.84. The van der Waals surface area contributed by atoms with Gasteiger partial charge in [-0.25, -0.2) is 4.79 Å². The van der Waals surface area contributed by atoms with Crippen molar-refractivity contribution in [2.75, 3.05) is 0 Å². The third-order valence-corrected chi connectivity index (χ3v) is 2.54. The highest BCUT2D eigenvalue weighted by molar-refractivity contribution is 5.88. The molecule has 0 spiro atoms. The zero-order chi connectivity index (χ0) is 12.3. The molecular weight excluding hydrogens is 220 g/mol. The molecule has 0 radical (unpaired) electrons. The summed E-state index contributed by atoms with van der Waals surface area (Å²) in [6, 6.07) is 10.4. The normalized spacial score (nSPS) is 12.3. The number of hydrogen-bond acceptors (Lipinski definition) is 3. The van der Waals surface area contributed by atoms with Crippen molar-refractivity contribution >= 4 is 5.97 Å². The summed E-state index contributed by atoms with van der Waals surface area (Å²) in [4.78, 5) is 10.9. The van der Waals surface area contributed by atoms with Gasteiger partial charge in [0.25, 0.3) is 0 Å². The summed E-state index contributed by atoms with van der Waals surface area (Å²) in [5.74, 6) is -0.761. The van der Waals surface area contributed by atoms with Crippen LogP contribution in [0.1, 0.15) is 27.8 Å². The maximum Gasteiger partial charge on any atom is 0.339 e. The molecule has 0 fully saturated rings. The molecule has 0 aliphatic rings. The van der Waals surface area contributed by atoms with Crippen LogP contribution >= 0.6 is 0 Å². The molecule has 0 amide bonds. The zero-order valence-electron chi connectivity index (χ0n) is 9.04. The second-order valence-electron chi connectivity index (χ2n) is 3.69. The number of aliphatic hydroxyl groups excluding tert-OH is 1. The average molecular weight is 232 g/mol. The van der Waals surface area contributed by atoms with Gasteiger partial charge in [-0.2, -0.15) is 0 Å². The fourth-order valence-corrected chi connectivity index (χ4v) is 1.66. The van der Waals surface area contributed by atoms with Crippen molar-refractivity contribution in [3.05, 3.63) is 59.5 Å². The number of hydrogen-bond donors (Lipinski definition) is 2. The Balaban J connectivity index is 2.16. The summed E-state index contributed by atoms with van der Waals surface area (Å²) in [7, 11) is 0. The molecule has 1 atom stereocenters. The lowest BCUT2D eigenvalue weighted by Gasteiger charge is -2.09. The predicted molar refractivity (Wildman–Crippen MR) is 60.8 cm³/mol. The van der Waals surface area contributed by atoms with Crippen LogP contribution in [0, 0.1) is 0 Å². The molecule has 2 N–H and O–H groups in total. The molecular formula is C13H12O4. The Morgan fingerprint density at radius 3 is 2.59 bits per heavy atom. The first kappa shape index (κ1) is 11.4. The van der Waals surface area contributed by atoms with E-state index in [0.717, 1.165) is 5.56 Å². The molecule has 0 saturated carbocycles. The summed E-state index contributed by atoms with van der Waals surface area (Å²) < 4.78 is 5.08. The van der Waals surface area contributed by atoms with Crippen molar-refractivity contribution in [2.24, 2.45) is 0 Å². The van der Waals surface area contributed by atoms with E-state index in [4.69, 9.17) is 9.52 Å². The number of benzene rings is 1. The lowest BCUT2D eigenvalue weighted by molar-refractivity contribution is 0.0693. The molecule has 4 nitrogen and oxygen atoms in total. The number of aliphatic hydroxyl groups is 1. The third-order valence-electron chi connectivity index (χ3n) is 2.54. The minimum Gasteiger partial charge on any atom is -0.478 e. The van der Waals surface area contributed by atoms with E-state index in [9.17, 15) is 9.90 Å². The number of carboxylic acids is 1. The zero-order valence-corrected chi connectivity index (χ0v) is 9.04. The van der Waals surface area contributed by atoms with E-state index in [1.807, 2.05) is 18.2 Å². The molecule has 0 bridgehead atoms. The first-order chi connectivity index (χ1) is 8.18. The minimum absolute atomic E-state index is 0.0972. The third kappa shape index (κ3) is 2.54. The lowest BCUT2D eigenvalue weighted by Crippen LogP contribution is -2.05. The molecule has 88 valence electrons. The number of furan rings is 1. The standard InChI is InChI=1S/C13H12O4/c14-11(9-4-2-1-3-5-9)8-12-10(13(15)16)6-7-17-12/h1-7,11,14H,8H2,(H,15,16). The van der Waals surface area contributed by atoms with E-state index in [1.54, 1.807) is 12.1 Å². The van der Waals surface area contributed by atoms with Gasteiger partial charge in [-0.3, -0.25) is 0 Å². The molecule has 1 aromatic heterocycles. The van der Waals surface area contributed by atoms with Crippen molar-refractivity contribution in [3.63, 3.8) is 0 Å². The van der Waals surface area contributed by atoms with E-state index < -0.39 is 12.1 Å². The van der Waals surface area contributed by atoms with Crippen LogP contribution < -0.4 is 0 Å². The summed E-state index contributed by atoms with van der Waals surface area (Å²) in [5, 5.41) is 18.8. The SMILES string of the molecule is O=C(O)c1ccoc1CC(O)c1ccccc1. The largest absolute Gasteiger partial charge is 0.478 e. The van der Waals surface area contributed by atoms with Gasteiger partial charge in [-0.05, 0) is 11.6 Å². The predicted octanol–water partition coefficient (Wildman–Crippen LogP) is 2.25. The van der Waals surface area contributed by atoms with Crippen LogP contribution in [-0.2, 0) is 6.42 Å². The summed E-state index contributed by atoms with van der Waals surface area (Å²) >= 11 is 0. The molecule has 0 saturated heterocycles. The van der Waals surface area contributed by atoms with Gasteiger partial charge in [0, 0.05) is 6.42 Å². The van der Waals surface area contributed by atoms with Crippen molar-refractivity contribution < 1.29 is 19.4 Å². The van der Waals surface area contributed by atoms with Crippen LogP contribution in [0.2, 0.25) is 0 Å². The van der Waals surface area contributed by atoms with Gasteiger partial charge in [0.2, 0.25) is 0 Å². The average Bonchev–Trinajstić information content (AvgIpc) is 2.78. The fourth-order valence-electron chi connectivity index (χ4n) is 1.66. The maximum atomic E-state index is 10.9. The first-order valence-electron chi connectivity index (χ1n) is 5.21. The van der Waals surface area contributed by atoms with E-state index in [0.29, 0.717) is 0 Å². The molecule has 2 aromatic rings. The van der Waals surface area contributed by atoms with Crippen LogP contribution in [0.25, 0.3) is 0 Å². The fraction of sp³-hybridized carbons (Fsp3) is 0.154. The first-order valence-corrected chi connectivity index (χ1v) is 5.21. The number of aromatic carboxylic acids is 1. The lowest BCUT2D eigenvalue weighted by atomic mass is 10.0. The van der Waals surface area contributed by atoms with Crippen LogP contribution in [0.15, 0.2) is 47.1 Å². The number of carbonyl (C=O) groups is 1. The van der Waals surface area contributed by atoms with Crippen LogP contribution in [-0.4, -0.2) is 16.2 Å². The maximum absolute atomic E-state index is 10.9. The van der Waals surface area contributed by atoms with Gasteiger partial charge < -0.3 is 14.6 Å². The van der Waals surface area contributed by atoms with Crippen LogP contribution in [0.5, 0.6) is 0 Å². The van der Waals surface area contributed by atoms with Crippen molar-refractivity contribution in [1.29, 1.82) is 0 Å². The molecule has 1 heterocycles. The highest BCUT2D eigenvalue weighted by Gasteiger charge is 2.17. The summed E-state index contributed by atoms with van der Waals surface area (Å²) in [6.45, 7) is 0. The van der Waals surface area contributed by atoms with E-state index >= 15 is 0 Å². The summed E-state index contributed by atoms with van der Waals surface area (Å²) in [6.07, 6.45) is 0.704. The molecule has 17 heavy (non-hydrogen) atoms. The Morgan fingerprint density at radius 2 is 1.94 bits per heavy atom. The highest BCUT2D eigenvalue weighted by Crippen LogP contribution is 2.21. The van der Waals surface area contributed by atoms with Gasteiger partial charge >= 0.3 is 5.97 Å². The highest BCUT2D eigenvalue weighted by atomic mass is 16.4. The van der Waals surface area contributed by atoms with Crippen molar-refractivity contribution in [1.82, 2.24) is 0 Å². The summed E-state index contributed by atoms with van der Waals surface area (Å²) in [5.41, 5.74) is 0.834. The molecule has 0 aliphatic carbocycles. The Bertz CT molecular complexity index is 501. The van der Waals surface area contributed by atoms with Crippen LogP contribution in [0.3, 0.4) is 0 Å². The number of rotatable bonds is 4. The molecule has 1 aromatic carbocycles. The Kier molecular flexibility index (Phi) is 3.25. The molecule has 4 heteroatoms. The monoisotopic (exact) mass is 232 g/mol. The minimum atomic E-state index is -1.05. The van der Waals surface area contributed by atoms with E-state index in [2.05, 4.69) is 0 Å². The van der Waals surface area contributed by atoms with Gasteiger partial charge in [0.05, 0.1) is 12.4 Å². The van der Waals surface area contributed by atoms with Crippen molar-refractivity contribution in [3.8, 4) is 0 Å². The van der Waals surface area contributed by atoms with Gasteiger partial charge in [-0.1, -0.05) is 30.3 Å². The molecule has 0 aliphatic heterocycles. The van der Waals surface area contributed by atoms with Gasteiger partial charge in [0.1, 0.15) is 11.3 Å². The van der Waals surface area contributed by atoms with E-state index in [1.165, 1.54) is 12.3 Å². The van der Waals surface area contributed by atoms with E-state index in [-0.39, 0.29) is 17.7 Å². The van der Waals surface area contributed by atoms with Gasteiger partial charge in [0.15, 0.2) is 0 Å². The van der Waals surface area contributed by atoms with Crippen LogP contribution in [0.4, 0.5) is 0 Å². The quantitative estimate of drug-likeness (QED) is 0.848. The number of carboxylic acid groups (broad SMARTS) is 1. The Labute approximate surface area is 98.1 Å².